The fourth-order valence-electron chi connectivity index (χ4n) is 1.41. The third-order valence-electron chi connectivity index (χ3n) is 2.07. The molecule has 1 heterocycles. The summed E-state index contributed by atoms with van der Waals surface area (Å²) in [6.45, 7) is 0. The highest BCUT2D eigenvalue weighted by Crippen LogP contribution is 2.20. The Labute approximate surface area is 95.7 Å². The summed E-state index contributed by atoms with van der Waals surface area (Å²) in [5.41, 5.74) is 5.38. The molecule has 1 aromatic heterocycles. The summed E-state index contributed by atoms with van der Waals surface area (Å²) >= 11 is 0. The van der Waals surface area contributed by atoms with Crippen molar-refractivity contribution in [3.63, 3.8) is 0 Å². The average molecular weight is 231 g/mol. The maximum atomic E-state index is 11.7. The van der Waals surface area contributed by atoms with Crippen LogP contribution in [-0.2, 0) is 0 Å². The van der Waals surface area contributed by atoms with E-state index in [4.69, 9.17) is 5.73 Å². The number of hydrogen-bond donors (Lipinski definition) is 3. The van der Waals surface area contributed by atoms with Gasteiger partial charge in [-0.15, -0.1) is 5.10 Å². The van der Waals surface area contributed by atoms with E-state index in [0.717, 1.165) is 0 Å². The van der Waals surface area contributed by atoms with Crippen molar-refractivity contribution in [2.24, 2.45) is 5.73 Å². The molecule has 2 rings (SSSR count). The number of urea groups is 1. The van der Waals surface area contributed by atoms with Gasteiger partial charge in [0.1, 0.15) is 0 Å². The van der Waals surface area contributed by atoms with E-state index in [0.29, 0.717) is 5.56 Å². The molecule has 1 aromatic carbocycles. The number of anilines is 1. The number of hydrogen-bond acceptors (Lipinski definition) is 4. The van der Waals surface area contributed by atoms with E-state index >= 15 is 0 Å². The minimum atomic E-state index is -0.804. The van der Waals surface area contributed by atoms with Crippen molar-refractivity contribution in [1.29, 1.82) is 0 Å². The Morgan fingerprint density at radius 3 is 2.65 bits per heavy atom. The third-order valence-corrected chi connectivity index (χ3v) is 2.07. The molecule has 0 saturated carbocycles. The Hall–Kier alpha value is -2.70. The summed E-state index contributed by atoms with van der Waals surface area (Å²) in [6.07, 6.45) is 0. The summed E-state index contributed by atoms with van der Waals surface area (Å²) in [6, 6.07) is 7.98. The fourth-order valence-corrected chi connectivity index (χ4v) is 1.41. The first-order chi connectivity index (χ1) is 8.18. The van der Waals surface area contributed by atoms with Crippen LogP contribution in [0.25, 0.3) is 11.1 Å². The second kappa shape index (κ2) is 4.44. The first-order valence-corrected chi connectivity index (χ1v) is 4.75. The maximum Gasteiger partial charge on any atom is 0.317 e. The van der Waals surface area contributed by atoms with Crippen LogP contribution in [0.4, 0.5) is 10.6 Å². The van der Waals surface area contributed by atoms with Crippen molar-refractivity contribution in [1.82, 2.24) is 15.4 Å². The molecular formula is C10H9N5O2. The Balaban J connectivity index is 2.59. The molecule has 0 atom stereocenters. The highest BCUT2D eigenvalue weighted by molar-refractivity contribution is 5.91. The van der Waals surface area contributed by atoms with Crippen LogP contribution in [0, 0.1) is 0 Å². The zero-order valence-corrected chi connectivity index (χ0v) is 8.68. The lowest BCUT2D eigenvalue weighted by atomic mass is 10.1. The molecule has 7 nitrogen and oxygen atoms in total. The summed E-state index contributed by atoms with van der Waals surface area (Å²) in [4.78, 5) is 22.5. The molecule has 86 valence electrons. The lowest BCUT2D eigenvalue weighted by Crippen LogP contribution is -2.24. The van der Waals surface area contributed by atoms with E-state index < -0.39 is 11.6 Å². The number of H-pyrrole nitrogens is 1. The standard InChI is InChI=1S/C10H9N5O2/c11-10(17)12-8-7(9(16)14-15-13-8)6-4-2-1-3-5-6/h1-5H,(H4,11,12,13,14,16,17). The molecule has 4 N–H and O–H groups in total. The summed E-state index contributed by atoms with van der Waals surface area (Å²) in [5, 5.41) is 11.5. The van der Waals surface area contributed by atoms with Crippen molar-refractivity contribution in [3.05, 3.63) is 40.7 Å². The van der Waals surface area contributed by atoms with Gasteiger partial charge in [-0.1, -0.05) is 35.5 Å². The second-order valence-corrected chi connectivity index (χ2v) is 3.22. The predicted octanol–water partition coefficient (Wildman–Crippen LogP) is 0.322. The number of aromatic nitrogens is 3. The smallest absolute Gasteiger partial charge is 0.317 e. The van der Waals surface area contributed by atoms with Crippen molar-refractivity contribution < 1.29 is 4.79 Å². The molecule has 17 heavy (non-hydrogen) atoms. The number of nitrogens with one attached hydrogen (secondary N) is 2. The summed E-state index contributed by atoms with van der Waals surface area (Å²) in [5.74, 6) is 0.0347. The number of amides is 2. The molecule has 7 heteroatoms. The molecule has 0 aliphatic carbocycles. The van der Waals surface area contributed by atoms with Crippen LogP contribution in [-0.4, -0.2) is 21.4 Å². The van der Waals surface area contributed by atoms with Gasteiger partial charge in [-0.25, -0.2) is 9.89 Å². The lowest BCUT2D eigenvalue weighted by Gasteiger charge is -2.05. The van der Waals surface area contributed by atoms with E-state index in [1.807, 2.05) is 6.07 Å². The molecule has 0 radical (unpaired) electrons. The molecular weight excluding hydrogens is 222 g/mol. The maximum absolute atomic E-state index is 11.7. The minimum absolute atomic E-state index is 0.0347. The van der Waals surface area contributed by atoms with E-state index in [-0.39, 0.29) is 11.4 Å². The molecule has 0 aliphatic heterocycles. The number of carbonyl (C=O) groups excluding carboxylic acids is 1. The number of primary amides is 1. The van der Waals surface area contributed by atoms with Gasteiger partial charge in [-0.3, -0.25) is 10.1 Å². The van der Waals surface area contributed by atoms with Crippen molar-refractivity contribution in [2.45, 2.75) is 0 Å². The molecule has 0 fully saturated rings. The van der Waals surface area contributed by atoms with Crippen molar-refractivity contribution in [2.75, 3.05) is 5.32 Å². The number of nitrogens with zero attached hydrogens (tertiary/aromatic N) is 2. The number of carbonyl (C=O) groups is 1. The molecule has 0 spiro atoms. The quantitative estimate of drug-likeness (QED) is 0.690. The van der Waals surface area contributed by atoms with Gasteiger partial charge in [0.15, 0.2) is 5.82 Å². The first kappa shape index (κ1) is 10.8. The Bertz CT molecular complexity index is 593. The Morgan fingerprint density at radius 2 is 2.00 bits per heavy atom. The van der Waals surface area contributed by atoms with Gasteiger partial charge in [-0.2, -0.15) is 0 Å². The monoisotopic (exact) mass is 231 g/mol. The van der Waals surface area contributed by atoms with Gasteiger partial charge in [0.25, 0.3) is 5.56 Å². The largest absolute Gasteiger partial charge is 0.351 e. The molecule has 2 aromatic rings. The van der Waals surface area contributed by atoms with Crippen LogP contribution in [0.1, 0.15) is 0 Å². The Morgan fingerprint density at radius 1 is 1.29 bits per heavy atom. The van der Waals surface area contributed by atoms with Crippen LogP contribution in [0.5, 0.6) is 0 Å². The van der Waals surface area contributed by atoms with Gasteiger partial charge in [-0.05, 0) is 5.56 Å². The van der Waals surface area contributed by atoms with Gasteiger partial charge < -0.3 is 5.73 Å². The molecule has 2 amide bonds. The summed E-state index contributed by atoms with van der Waals surface area (Å²) in [7, 11) is 0. The van der Waals surface area contributed by atoms with Crippen LogP contribution >= 0.6 is 0 Å². The summed E-state index contributed by atoms with van der Waals surface area (Å²) < 4.78 is 0. The molecule has 0 bridgehead atoms. The first-order valence-electron chi connectivity index (χ1n) is 4.75. The van der Waals surface area contributed by atoms with Crippen molar-refractivity contribution in [3.8, 4) is 11.1 Å². The highest BCUT2D eigenvalue weighted by Gasteiger charge is 2.12. The lowest BCUT2D eigenvalue weighted by molar-refractivity contribution is 0.259. The molecule has 0 aliphatic rings. The molecule has 0 saturated heterocycles. The minimum Gasteiger partial charge on any atom is -0.351 e. The molecule has 0 unspecified atom stereocenters. The van der Waals surface area contributed by atoms with E-state index in [9.17, 15) is 9.59 Å². The number of rotatable bonds is 2. The van der Waals surface area contributed by atoms with Gasteiger partial charge in [0, 0.05) is 0 Å². The fraction of sp³-hybridized carbons (Fsp3) is 0. The van der Waals surface area contributed by atoms with E-state index in [1.54, 1.807) is 24.3 Å². The van der Waals surface area contributed by atoms with Crippen LogP contribution < -0.4 is 16.6 Å². The number of benzene rings is 1. The second-order valence-electron chi connectivity index (χ2n) is 3.22. The zero-order chi connectivity index (χ0) is 12.3. The van der Waals surface area contributed by atoms with E-state index in [2.05, 4.69) is 20.7 Å². The Kier molecular flexibility index (Phi) is 2.82. The average Bonchev–Trinajstić information content (AvgIpc) is 2.29. The van der Waals surface area contributed by atoms with Gasteiger partial charge >= 0.3 is 6.03 Å². The normalized spacial score (nSPS) is 9.88. The van der Waals surface area contributed by atoms with Gasteiger partial charge in [0.2, 0.25) is 0 Å². The third kappa shape index (κ3) is 2.28. The number of nitrogens with two attached hydrogens (primary N) is 1. The van der Waals surface area contributed by atoms with E-state index in [1.165, 1.54) is 0 Å². The van der Waals surface area contributed by atoms with Crippen LogP contribution in [0.15, 0.2) is 35.1 Å². The van der Waals surface area contributed by atoms with Crippen LogP contribution in [0.2, 0.25) is 0 Å². The number of aromatic amines is 1. The zero-order valence-electron chi connectivity index (χ0n) is 8.68. The highest BCUT2D eigenvalue weighted by atomic mass is 16.2. The van der Waals surface area contributed by atoms with Crippen LogP contribution in [0.3, 0.4) is 0 Å². The van der Waals surface area contributed by atoms with Gasteiger partial charge in [0.05, 0.1) is 5.56 Å². The topological polar surface area (TPSA) is 114 Å². The van der Waals surface area contributed by atoms with Crippen molar-refractivity contribution >= 4 is 11.8 Å². The SMILES string of the molecule is NC(=O)Nc1nn[nH]c(=O)c1-c1ccccc1. The predicted molar refractivity (Wildman–Crippen MR) is 61.3 cm³/mol.